The zero-order valence-corrected chi connectivity index (χ0v) is 12.2. The van der Waals surface area contributed by atoms with Gasteiger partial charge in [-0.25, -0.2) is 0 Å². The third-order valence-electron chi connectivity index (χ3n) is 2.67. The van der Waals surface area contributed by atoms with Gasteiger partial charge < -0.3 is 4.74 Å². The van der Waals surface area contributed by atoms with Crippen molar-refractivity contribution in [1.82, 2.24) is 0 Å². The van der Waals surface area contributed by atoms with Crippen molar-refractivity contribution in [3.8, 4) is 0 Å². The number of benzene rings is 1. The second-order valence-corrected chi connectivity index (χ2v) is 4.87. The van der Waals surface area contributed by atoms with Gasteiger partial charge in [0.25, 0.3) is 0 Å². The van der Waals surface area contributed by atoms with Crippen LogP contribution in [-0.4, -0.2) is 18.5 Å². The summed E-state index contributed by atoms with van der Waals surface area (Å²) >= 11 is 12.0. The number of halogens is 2. The standard InChI is InChI=1S/C14H18Cl2O2/c1-3-6-13(18-4-2)12(17)9-10-7-5-8-11(15)14(10)16/h5,7-8,13H,3-4,6,9H2,1-2H3. The van der Waals surface area contributed by atoms with Gasteiger partial charge in [0, 0.05) is 13.0 Å². The maximum atomic E-state index is 12.1. The maximum Gasteiger partial charge on any atom is 0.165 e. The number of hydrogen-bond acceptors (Lipinski definition) is 2. The van der Waals surface area contributed by atoms with Crippen LogP contribution in [0.3, 0.4) is 0 Å². The van der Waals surface area contributed by atoms with Crippen molar-refractivity contribution in [3.63, 3.8) is 0 Å². The number of hydrogen-bond donors (Lipinski definition) is 0. The van der Waals surface area contributed by atoms with Crippen LogP contribution >= 0.6 is 23.2 Å². The van der Waals surface area contributed by atoms with Gasteiger partial charge >= 0.3 is 0 Å². The first-order valence-electron chi connectivity index (χ1n) is 6.17. The smallest absolute Gasteiger partial charge is 0.165 e. The Labute approximate surface area is 118 Å². The van der Waals surface area contributed by atoms with Gasteiger partial charge in [-0.05, 0) is 25.0 Å². The number of ketones is 1. The van der Waals surface area contributed by atoms with Crippen LogP contribution in [0.1, 0.15) is 32.3 Å². The fourth-order valence-corrected chi connectivity index (χ4v) is 2.17. The minimum Gasteiger partial charge on any atom is -0.371 e. The Balaban J connectivity index is 2.75. The third kappa shape index (κ3) is 4.27. The Hall–Kier alpha value is -0.570. The molecule has 2 nitrogen and oxygen atoms in total. The predicted octanol–water partition coefficient (Wildman–Crippen LogP) is 4.31. The van der Waals surface area contributed by atoms with Crippen LogP contribution in [0.4, 0.5) is 0 Å². The van der Waals surface area contributed by atoms with E-state index in [0.717, 1.165) is 18.4 Å². The fourth-order valence-electron chi connectivity index (χ4n) is 1.79. The molecule has 1 aromatic rings. The molecule has 1 aromatic carbocycles. The molecule has 0 fully saturated rings. The number of Topliss-reactive ketones (excluding diaryl/α,β-unsaturated/α-hetero) is 1. The molecule has 0 saturated carbocycles. The first kappa shape index (κ1) is 15.5. The van der Waals surface area contributed by atoms with Crippen molar-refractivity contribution in [2.75, 3.05) is 6.61 Å². The molecule has 4 heteroatoms. The second kappa shape index (κ2) is 7.78. The third-order valence-corrected chi connectivity index (χ3v) is 3.53. The Bertz CT molecular complexity index is 399. The lowest BCUT2D eigenvalue weighted by molar-refractivity contribution is -0.130. The quantitative estimate of drug-likeness (QED) is 0.747. The van der Waals surface area contributed by atoms with Crippen molar-refractivity contribution in [2.24, 2.45) is 0 Å². The summed E-state index contributed by atoms with van der Waals surface area (Å²) in [5.74, 6) is 0.0582. The normalized spacial score (nSPS) is 12.4. The molecule has 0 radical (unpaired) electrons. The van der Waals surface area contributed by atoms with E-state index in [1.165, 1.54) is 0 Å². The van der Waals surface area contributed by atoms with Crippen LogP contribution < -0.4 is 0 Å². The lowest BCUT2D eigenvalue weighted by Crippen LogP contribution is -2.26. The van der Waals surface area contributed by atoms with Crippen LogP contribution in [0.15, 0.2) is 18.2 Å². The Kier molecular flexibility index (Phi) is 6.69. The van der Waals surface area contributed by atoms with E-state index >= 15 is 0 Å². The molecular weight excluding hydrogens is 271 g/mol. The summed E-state index contributed by atoms with van der Waals surface area (Å²) in [4.78, 5) is 12.1. The molecule has 18 heavy (non-hydrogen) atoms. The van der Waals surface area contributed by atoms with Crippen molar-refractivity contribution in [3.05, 3.63) is 33.8 Å². The van der Waals surface area contributed by atoms with E-state index in [1.807, 2.05) is 19.9 Å². The van der Waals surface area contributed by atoms with Gasteiger partial charge in [0.2, 0.25) is 0 Å². The average Bonchev–Trinajstić information content (AvgIpc) is 2.34. The maximum absolute atomic E-state index is 12.1. The summed E-state index contributed by atoms with van der Waals surface area (Å²) < 4.78 is 5.46. The first-order valence-corrected chi connectivity index (χ1v) is 6.92. The molecule has 1 rings (SSSR count). The lowest BCUT2D eigenvalue weighted by atomic mass is 10.0. The number of ether oxygens (including phenoxy) is 1. The summed E-state index contributed by atoms with van der Waals surface area (Å²) in [6.45, 7) is 4.47. The van der Waals surface area contributed by atoms with Crippen LogP contribution in [-0.2, 0) is 16.0 Å². The number of rotatable bonds is 7. The second-order valence-electron chi connectivity index (χ2n) is 4.09. The molecule has 0 N–H and O–H groups in total. The van der Waals surface area contributed by atoms with E-state index in [1.54, 1.807) is 12.1 Å². The number of carbonyl (C=O) groups excluding carboxylic acids is 1. The van der Waals surface area contributed by atoms with Crippen molar-refractivity contribution in [1.29, 1.82) is 0 Å². The molecule has 0 amide bonds. The van der Waals surface area contributed by atoms with Gasteiger partial charge in [0.05, 0.1) is 10.0 Å². The summed E-state index contributed by atoms with van der Waals surface area (Å²) in [5.41, 5.74) is 0.759. The van der Waals surface area contributed by atoms with Crippen molar-refractivity contribution >= 4 is 29.0 Å². The zero-order chi connectivity index (χ0) is 13.5. The minimum absolute atomic E-state index is 0.0582. The van der Waals surface area contributed by atoms with Crippen LogP contribution in [0.25, 0.3) is 0 Å². The van der Waals surface area contributed by atoms with Crippen LogP contribution in [0.2, 0.25) is 10.0 Å². The summed E-state index contributed by atoms with van der Waals surface area (Å²) in [7, 11) is 0. The molecule has 0 aliphatic rings. The molecule has 0 spiro atoms. The summed E-state index contributed by atoms with van der Waals surface area (Å²) in [5, 5.41) is 0.935. The highest BCUT2D eigenvalue weighted by molar-refractivity contribution is 6.42. The van der Waals surface area contributed by atoms with Gasteiger partial charge in [0.15, 0.2) is 5.78 Å². The molecule has 100 valence electrons. The minimum atomic E-state index is -0.338. The first-order chi connectivity index (χ1) is 8.60. The fraction of sp³-hybridized carbons (Fsp3) is 0.500. The highest BCUT2D eigenvalue weighted by atomic mass is 35.5. The molecule has 0 heterocycles. The molecule has 1 atom stereocenters. The van der Waals surface area contributed by atoms with E-state index in [2.05, 4.69) is 0 Å². The van der Waals surface area contributed by atoms with Gasteiger partial charge in [-0.2, -0.15) is 0 Å². The Morgan fingerprint density at radius 3 is 2.67 bits per heavy atom. The van der Waals surface area contributed by atoms with Gasteiger partial charge in [-0.1, -0.05) is 48.7 Å². The van der Waals surface area contributed by atoms with Gasteiger partial charge in [-0.15, -0.1) is 0 Å². The van der Waals surface area contributed by atoms with E-state index < -0.39 is 0 Å². The highest BCUT2D eigenvalue weighted by Crippen LogP contribution is 2.26. The average molecular weight is 289 g/mol. The predicted molar refractivity (Wildman–Crippen MR) is 75.5 cm³/mol. The van der Waals surface area contributed by atoms with Crippen molar-refractivity contribution in [2.45, 2.75) is 39.2 Å². The molecule has 0 aliphatic carbocycles. The van der Waals surface area contributed by atoms with Gasteiger partial charge in [-0.3, -0.25) is 4.79 Å². The topological polar surface area (TPSA) is 26.3 Å². The molecule has 0 saturated heterocycles. The molecule has 0 aromatic heterocycles. The molecule has 0 aliphatic heterocycles. The van der Waals surface area contributed by atoms with Gasteiger partial charge in [0.1, 0.15) is 6.10 Å². The summed E-state index contributed by atoms with van der Waals surface area (Å²) in [6, 6.07) is 5.33. The van der Waals surface area contributed by atoms with Crippen LogP contribution in [0, 0.1) is 0 Å². The van der Waals surface area contributed by atoms with Crippen LogP contribution in [0.5, 0.6) is 0 Å². The summed E-state index contributed by atoms with van der Waals surface area (Å²) in [6.07, 6.45) is 1.59. The van der Waals surface area contributed by atoms with E-state index in [0.29, 0.717) is 16.7 Å². The monoisotopic (exact) mass is 288 g/mol. The Morgan fingerprint density at radius 2 is 2.06 bits per heavy atom. The molecule has 1 unspecified atom stereocenters. The number of carbonyl (C=O) groups is 1. The van der Waals surface area contributed by atoms with Crippen molar-refractivity contribution < 1.29 is 9.53 Å². The zero-order valence-electron chi connectivity index (χ0n) is 10.7. The highest BCUT2D eigenvalue weighted by Gasteiger charge is 2.19. The lowest BCUT2D eigenvalue weighted by Gasteiger charge is -2.15. The largest absolute Gasteiger partial charge is 0.371 e. The van der Waals surface area contributed by atoms with E-state index in [-0.39, 0.29) is 18.3 Å². The Morgan fingerprint density at radius 1 is 1.33 bits per heavy atom. The molecular formula is C14H18Cl2O2. The van der Waals surface area contributed by atoms with E-state index in [4.69, 9.17) is 27.9 Å². The van der Waals surface area contributed by atoms with E-state index in [9.17, 15) is 4.79 Å². The SMILES string of the molecule is CCCC(OCC)C(=O)Cc1cccc(Cl)c1Cl. The molecule has 0 bridgehead atoms.